The van der Waals surface area contributed by atoms with Gasteiger partial charge in [0.15, 0.2) is 0 Å². The van der Waals surface area contributed by atoms with E-state index in [0.717, 1.165) is 20.3 Å². The minimum atomic E-state index is -1.43. The van der Waals surface area contributed by atoms with Crippen molar-refractivity contribution in [2.45, 2.75) is 20.8 Å². The fraction of sp³-hybridized carbons (Fsp3) is 0.300. The van der Waals surface area contributed by atoms with E-state index < -0.39 is 25.1 Å². The van der Waals surface area contributed by atoms with Crippen LogP contribution in [0.15, 0.2) is 6.07 Å². The van der Waals surface area contributed by atoms with Crippen LogP contribution in [0.2, 0.25) is 0 Å². The van der Waals surface area contributed by atoms with Crippen LogP contribution in [0.25, 0.3) is 0 Å². The summed E-state index contributed by atoms with van der Waals surface area (Å²) in [5.41, 5.74) is 3.23. The molecule has 1 aromatic rings. The maximum Gasteiger partial charge on any atom is 1.00 e. The summed E-state index contributed by atoms with van der Waals surface area (Å²) in [6, 6.07) is 5.15. The van der Waals surface area contributed by atoms with Crippen molar-refractivity contribution in [1.29, 1.82) is 0 Å². The van der Waals surface area contributed by atoms with E-state index in [-0.39, 0.29) is 51.4 Å². The summed E-state index contributed by atoms with van der Waals surface area (Å²) in [5.74, 6) is 0. The fourth-order valence-electron chi connectivity index (χ4n) is 1.20. The molecule has 0 aliphatic carbocycles. The molecule has 68 valence electrons. The van der Waals surface area contributed by atoms with Crippen molar-refractivity contribution in [3.63, 3.8) is 0 Å². The van der Waals surface area contributed by atoms with Crippen LogP contribution in [0.4, 0.5) is 4.79 Å². The van der Waals surface area contributed by atoms with Gasteiger partial charge in [-0.05, 0) is 0 Å². The molecule has 0 aromatic heterocycles. The SMILES string of the molecule is Cc1[c-]c(C)c(C)[c]([Sn][C](=O)O)c1.[K+]. The Labute approximate surface area is 137 Å². The number of aryl methyl sites for hydroxylation is 2. The Bertz CT molecular complexity index is 350. The van der Waals surface area contributed by atoms with E-state index >= 15 is 0 Å². The molecule has 0 atom stereocenters. The first-order valence-electron chi connectivity index (χ1n) is 4.01. The van der Waals surface area contributed by atoms with Crippen molar-refractivity contribution < 1.29 is 61.3 Å². The molecule has 0 aliphatic heterocycles. The molecule has 0 bridgehead atoms. The molecular weight excluding hydrogens is 310 g/mol. The van der Waals surface area contributed by atoms with Gasteiger partial charge in [-0.3, -0.25) is 0 Å². The molecule has 0 saturated carbocycles. The van der Waals surface area contributed by atoms with Crippen LogP contribution in [0.1, 0.15) is 16.7 Å². The van der Waals surface area contributed by atoms with Crippen LogP contribution in [0.5, 0.6) is 0 Å². The third-order valence-corrected chi connectivity index (χ3v) is 4.81. The second-order valence-electron chi connectivity index (χ2n) is 3.05. The Morgan fingerprint density at radius 3 is 2.50 bits per heavy atom. The van der Waals surface area contributed by atoms with Gasteiger partial charge in [0.25, 0.3) is 0 Å². The molecular formula is C10H11KO2Sn. The van der Waals surface area contributed by atoms with Crippen LogP contribution in [-0.2, 0) is 0 Å². The summed E-state index contributed by atoms with van der Waals surface area (Å²) in [6.07, 6.45) is 0. The largest absolute Gasteiger partial charge is 1.00 e. The molecule has 0 fully saturated rings. The number of benzene rings is 1. The van der Waals surface area contributed by atoms with Gasteiger partial charge in [0.2, 0.25) is 0 Å². The predicted octanol–water partition coefficient (Wildman–Crippen LogP) is -1.58. The van der Waals surface area contributed by atoms with E-state index in [1.807, 2.05) is 26.8 Å². The van der Waals surface area contributed by atoms with E-state index in [0.29, 0.717) is 0 Å². The molecule has 0 spiro atoms. The third-order valence-electron chi connectivity index (χ3n) is 1.95. The predicted molar refractivity (Wildman–Crippen MR) is 52.9 cm³/mol. The van der Waals surface area contributed by atoms with Gasteiger partial charge in [0, 0.05) is 0 Å². The Kier molecular flexibility index (Phi) is 7.19. The normalized spacial score (nSPS) is 9.36. The number of hydrogen-bond acceptors (Lipinski definition) is 1. The van der Waals surface area contributed by atoms with Gasteiger partial charge in [-0.15, -0.1) is 0 Å². The summed E-state index contributed by atoms with van der Waals surface area (Å²) in [5, 5.41) is 8.74. The summed E-state index contributed by atoms with van der Waals surface area (Å²) >= 11 is -1.43. The van der Waals surface area contributed by atoms with Crippen molar-refractivity contribution in [2.24, 2.45) is 0 Å². The van der Waals surface area contributed by atoms with Crippen molar-refractivity contribution in [3.05, 3.63) is 28.8 Å². The van der Waals surface area contributed by atoms with Gasteiger partial charge in [-0.2, -0.15) is 0 Å². The summed E-state index contributed by atoms with van der Waals surface area (Å²) < 4.78 is 0.446. The van der Waals surface area contributed by atoms with Crippen LogP contribution < -0.4 is 55.0 Å². The zero-order valence-electron chi connectivity index (χ0n) is 8.93. The van der Waals surface area contributed by atoms with Crippen LogP contribution in [0.3, 0.4) is 0 Å². The summed E-state index contributed by atoms with van der Waals surface area (Å²) in [6.45, 7) is 5.91. The average Bonchev–Trinajstić information content (AvgIpc) is 1.98. The summed E-state index contributed by atoms with van der Waals surface area (Å²) in [4.78, 5) is 10.6. The molecule has 0 saturated heterocycles. The third kappa shape index (κ3) is 4.32. The first-order valence-corrected chi connectivity index (χ1v) is 6.86. The minimum absolute atomic E-state index is 0. The van der Waals surface area contributed by atoms with Crippen LogP contribution >= 0.6 is 0 Å². The molecule has 1 aromatic carbocycles. The number of hydrogen-bond donors (Lipinski definition) is 1. The maximum absolute atomic E-state index is 10.6. The van der Waals surface area contributed by atoms with Crippen molar-refractivity contribution in [1.82, 2.24) is 0 Å². The molecule has 14 heavy (non-hydrogen) atoms. The molecule has 2 nitrogen and oxygen atoms in total. The van der Waals surface area contributed by atoms with Gasteiger partial charge in [0.1, 0.15) is 0 Å². The fourth-order valence-corrected chi connectivity index (χ4v) is 3.75. The Balaban J connectivity index is 0.00000169. The topological polar surface area (TPSA) is 37.3 Å². The molecule has 1 rings (SSSR count). The van der Waals surface area contributed by atoms with E-state index in [2.05, 4.69) is 6.07 Å². The minimum Gasteiger partial charge on any atom is 1.00 e. The number of carbonyl (C=O) groups is 1. The zero-order chi connectivity index (χ0) is 10.0. The molecule has 1 N–H and O–H groups in total. The van der Waals surface area contributed by atoms with Crippen LogP contribution in [0, 0.1) is 26.8 Å². The molecule has 4 heteroatoms. The van der Waals surface area contributed by atoms with E-state index in [1.54, 1.807) is 0 Å². The van der Waals surface area contributed by atoms with E-state index in [4.69, 9.17) is 5.11 Å². The molecule has 0 aliphatic rings. The Hall–Kier alpha value is 1.13. The first-order chi connectivity index (χ1) is 6.00. The molecule has 0 amide bonds. The zero-order valence-corrected chi connectivity index (χ0v) is 14.9. The molecule has 2 radical (unpaired) electrons. The van der Waals surface area contributed by atoms with Crippen LogP contribution in [-0.4, -0.2) is 30.2 Å². The maximum atomic E-state index is 10.6. The average molecular weight is 321 g/mol. The second-order valence-corrected chi connectivity index (χ2v) is 6.52. The van der Waals surface area contributed by atoms with Crippen molar-refractivity contribution >= 4 is 28.7 Å². The Morgan fingerprint density at radius 1 is 1.43 bits per heavy atom. The van der Waals surface area contributed by atoms with Gasteiger partial charge < -0.3 is 0 Å². The first kappa shape index (κ1) is 15.1. The quantitative estimate of drug-likeness (QED) is 0.528. The van der Waals surface area contributed by atoms with Crippen molar-refractivity contribution in [3.8, 4) is 0 Å². The second kappa shape index (κ2) is 6.65. The van der Waals surface area contributed by atoms with Gasteiger partial charge in [-0.1, -0.05) is 0 Å². The van der Waals surface area contributed by atoms with E-state index in [9.17, 15) is 4.79 Å². The Morgan fingerprint density at radius 2 is 2.00 bits per heavy atom. The standard InChI is InChI=1S/C9H10.CHO2.K.Sn/c1-7-4-5-8(2)9(3)6-7;2-1-3;;/h4H,1-3H3;(H,2,3);;/q-1;;+1;. The van der Waals surface area contributed by atoms with Gasteiger partial charge >= 0.3 is 140 Å². The van der Waals surface area contributed by atoms with Crippen molar-refractivity contribution in [2.75, 3.05) is 0 Å². The van der Waals surface area contributed by atoms with Gasteiger partial charge in [-0.25, -0.2) is 0 Å². The summed E-state index contributed by atoms with van der Waals surface area (Å²) in [7, 11) is 0. The number of rotatable bonds is 2. The smallest absolute Gasteiger partial charge is 1.00 e. The monoisotopic (exact) mass is 322 g/mol. The van der Waals surface area contributed by atoms with Gasteiger partial charge in [0.05, 0.1) is 0 Å². The van der Waals surface area contributed by atoms with E-state index in [1.165, 1.54) is 0 Å². The molecule has 0 unspecified atom stereocenters. The molecule has 0 heterocycles. The number of carboxylic acid groups (broad SMARTS) is 1.